The zero-order chi connectivity index (χ0) is 19.7. The van der Waals surface area contributed by atoms with Crippen molar-refractivity contribution >= 4 is 15.9 Å². The Morgan fingerprint density at radius 3 is 2.59 bits per heavy atom. The first-order valence-corrected chi connectivity index (χ1v) is 9.88. The van der Waals surface area contributed by atoms with Gasteiger partial charge in [0.05, 0.1) is 18.1 Å². The van der Waals surface area contributed by atoms with Crippen LogP contribution in [-0.4, -0.2) is 57.2 Å². The molecule has 0 aromatic heterocycles. The number of amides is 1. The summed E-state index contributed by atoms with van der Waals surface area (Å²) in [6, 6.07) is 2.96. The van der Waals surface area contributed by atoms with E-state index in [0.717, 1.165) is 4.31 Å². The number of carbonyl (C=O) groups excluding carboxylic acids is 1. The molecular formula is C16H19F3N2O5S. The average Bonchev–Trinajstić information content (AvgIpc) is 2.99. The first kappa shape index (κ1) is 19.7. The third-order valence-electron chi connectivity index (χ3n) is 4.29. The fourth-order valence-corrected chi connectivity index (χ4v) is 4.71. The maximum atomic E-state index is 12.9. The largest absolute Gasteiger partial charge is 0.490 e. The van der Waals surface area contributed by atoms with Crippen LogP contribution < -0.4 is 14.8 Å². The molecule has 1 aromatic carbocycles. The molecule has 0 saturated carbocycles. The molecule has 1 atom stereocenters. The molecule has 1 fully saturated rings. The first-order valence-electron chi connectivity index (χ1n) is 8.44. The van der Waals surface area contributed by atoms with Crippen LogP contribution in [0, 0.1) is 0 Å². The van der Waals surface area contributed by atoms with Gasteiger partial charge in [-0.1, -0.05) is 0 Å². The Bertz CT molecular complexity index is 813. The molecule has 1 saturated heterocycles. The molecule has 0 radical (unpaired) electrons. The number of sulfonamides is 1. The van der Waals surface area contributed by atoms with Crippen LogP contribution in [0.25, 0.3) is 0 Å². The van der Waals surface area contributed by atoms with Gasteiger partial charge in [-0.15, -0.1) is 0 Å². The molecule has 2 aliphatic heterocycles. The van der Waals surface area contributed by atoms with E-state index < -0.39 is 34.7 Å². The monoisotopic (exact) mass is 408 g/mol. The molecule has 0 aliphatic carbocycles. The predicted molar refractivity (Wildman–Crippen MR) is 88.0 cm³/mol. The van der Waals surface area contributed by atoms with Crippen molar-refractivity contribution in [2.45, 2.75) is 36.4 Å². The summed E-state index contributed by atoms with van der Waals surface area (Å²) >= 11 is 0. The van der Waals surface area contributed by atoms with Crippen molar-refractivity contribution in [3.05, 3.63) is 18.2 Å². The highest BCUT2D eigenvalue weighted by atomic mass is 32.2. The first-order chi connectivity index (χ1) is 12.7. The van der Waals surface area contributed by atoms with Crippen molar-refractivity contribution in [2.75, 3.05) is 26.3 Å². The van der Waals surface area contributed by atoms with E-state index in [1.165, 1.54) is 18.2 Å². The summed E-state index contributed by atoms with van der Waals surface area (Å²) in [6.07, 6.45) is -3.36. The van der Waals surface area contributed by atoms with Crippen LogP contribution in [0.3, 0.4) is 0 Å². The second-order valence-corrected chi connectivity index (χ2v) is 8.16. The molecule has 150 valence electrons. The fraction of sp³-hybridized carbons (Fsp3) is 0.562. The summed E-state index contributed by atoms with van der Waals surface area (Å²) in [4.78, 5) is 12.0. The molecule has 27 heavy (non-hydrogen) atoms. The standard InChI is InChI=1S/C16H19F3N2O5S/c17-16(18,19)10-20-15(22)12-3-1-6-21(12)27(23,24)11-4-5-13-14(9-11)26-8-2-7-25-13/h4-5,9,12H,1-3,6-8,10H2,(H,20,22)/t12-/m0/s1. The molecule has 1 amide bonds. The summed E-state index contributed by atoms with van der Waals surface area (Å²) in [5, 5.41) is 1.76. The number of carbonyl (C=O) groups is 1. The lowest BCUT2D eigenvalue weighted by Crippen LogP contribution is -2.47. The zero-order valence-corrected chi connectivity index (χ0v) is 15.1. The van der Waals surface area contributed by atoms with Gasteiger partial charge in [-0.2, -0.15) is 17.5 Å². The van der Waals surface area contributed by atoms with Crippen molar-refractivity contribution < 1.29 is 35.9 Å². The third-order valence-corrected chi connectivity index (χ3v) is 6.20. The van der Waals surface area contributed by atoms with Gasteiger partial charge >= 0.3 is 6.18 Å². The topological polar surface area (TPSA) is 84.9 Å². The fourth-order valence-electron chi connectivity index (χ4n) is 3.03. The van der Waals surface area contributed by atoms with Crippen LogP contribution in [0.4, 0.5) is 13.2 Å². The molecule has 0 unspecified atom stereocenters. The molecular weight excluding hydrogens is 389 g/mol. The van der Waals surface area contributed by atoms with Crippen LogP contribution >= 0.6 is 0 Å². The van der Waals surface area contributed by atoms with Crippen LogP contribution in [0.5, 0.6) is 11.5 Å². The number of hydrogen-bond donors (Lipinski definition) is 1. The Balaban J connectivity index is 1.81. The minimum absolute atomic E-state index is 0.0564. The maximum Gasteiger partial charge on any atom is 0.405 e. The van der Waals surface area contributed by atoms with E-state index in [4.69, 9.17) is 9.47 Å². The highest BCUT2D eigenvalue weighted by Crippen LogP contribution is 2.34. The molecule has 2 heterocycles. The van der Waals surface area contributed by atoms with Crippen molar-refractivity contribution in [1.82, 2.24) is 9.62 Å². The highest BCUT2D eigenvalue weighted by molar-refractivity contribution is 7.89. The van der Waals surface area contributed by atoms with Gasteiger partial charge in [0.25, 0.3) is 0 Å². The zero-order valence-electron chi connectivity index (χ0n) is 14.3. The lowest BCUT2D eigenvalue weighted by molar-refractivity contribution is -0.140. The van der Waals surface area contributed by atoms with Crippen LogP contribution in [0.2, 0.25) is 0 Å². The number of nitrogens with zero attached hydrogens (tertiary/aromatic N) is 1. The van der Waals surface area contributed by atoms with Gasteiger partial charge in [-0.25, -0.2) is 8.42 Å². The lowest BCUT2D eigenvalue weighted by atomic mass is 10.2. The second-order valence-electron chi connectivity index (χ2n) is 6.27. The summed E-state index contributed by atoms with van der Waals surface area (Å²) in [7, 11) is -4.08. The number of ether oxygens (including phenoxy) is 2. The summed E-state index contributed by atoms with van der Waals surface area (Å²) in [6.45, 7) is -0.615. The number of halogens is 3. The number of benzene rings is 1. The number of alkyl halides is 3. The number of nitrogens with one attached hydrogen (secondary N) is 1. The highest BCUT2D eigenvalue weighted by Gasteiger charge is 2.40. The second kappa shape index (κ2) is 7.55. The number of rotatable bonds is 4. The Kier molecular flexibility index (Phi) is 5.52. The molecule has 0 bridgehead atoms. The maximum absolute atomic E-state index is 12.9. The summed E-state index contributed by atoms with van der Waals surface area (Å²) in [5.74, 6) is -0.249. The van der Waals surface area contributed by atoms with Crippen LogP contribution in [-0.2, 0) is 14.8 Å². The molecule has 1 aromatic rings. The van der Waals surface area contributed by atoms with E-state index in [1.807, 2.05) is 0 Å². The normalized spacial score (nSPS) is 20.9. The third kappa shape index (κ3) is 4.46. The molecule has 1 N–H and O–H groups in total. The molecule has 2 aliphatic rings. The molecule has 11 heteroatoms. The van der Waals surface area contributed by atoms with E-state index in [0.29, 0.717) is 31.8 Å². The Labute approximate surface area is 154 Å². The van der Waals surface area contributed by atoms with Crippen molar-refractivity contribution in [2.24, 2.45) is 0 Å². The van der Waals surface area contributed by atoms with E-state index in [2.05, 4.69) is 0 Å². The van der Waals surface area contributed by atoms with Crippen LogP contribution in [0.15, 0.2) is 23.1 Å². The van der Waals surface area contributed by atoms with Crippen molar-refractivity contribution in [3.63, 3.8) is 0 Å². The van der Waals surface area contributed by atoms with Gasteiger partial charge in [0.2, 0.25) is 15.9 Å². The summed E-state index contributed by atoms with van der Waals surface area (Å²) < 4.78 is 74.7. The minimum Gasteiger partial charge on any atom is -0.490 e. The molecule has 0 spiro atoms. The summed E-state index contributed by atoms with van der Waals surface area (Å²) in [5.41, 5.74) is 0. The SMILES string of the molecule is O=C(NCC(F)(F)F)[C@@H]1CCCN1S(=O)(=O)c1ccc2c(c1)OCCCO2. The Hall–Kier alpha value is -2.01. The van der Waals surface area contributed by atoms with E-state index >= 15 is 0 Å². The predicted octanol–water partition coefficient (Wildman–Crippen LogP) is 1.68. The molecule has 7 nitrogen and oxygen atoms in total. The minimum atomic E-state index is -4.56. The average molecular weight is 408 g/mol. The van der Waals surface area contributed by atoms with E-state index in [1.54, 1.807) is 5.32 Å². The van der Waals surface area contributed by atoms with Crippen LogP contribution in [0.1, 0.15) is 19.3 Å². The van der Waals surface area contributed by atoms with Gasteiger partial charge in [-0.05, 0) is 25.0 Å². The van der Waals surface area contributed by atoms with E-state index in [9.17, 15) is 26.4 Å². The van der Waals surface area contributed by atoms with Gasteiger partial charge in [0, 0.05) is 19.0 Å². The van der Waals surface area contributed by atoms with Gasteiger partial charge in [-0.3, -0.25) is 4.79 Å². The van der Waals surface area contributed by atoms with Gasteiger partial charge in [0.1, 0.15) is 12.6 Å². The van der Waals surface area contributed by atoms with Gasteiger partial charge in [0.15, 0.2) is 11.5 Å². The Morgan fingerprint density at radius 1 is 1.19 bits per heavy atom. The number of hydrogen-bond acceptors (Lipinski definition) is 5. The van der Waals surface area contributed by atoms with Crippen molar-refractivity contribution in [1.29, 1.82) is 0 Å². The molecule has 3 rings (SSSR count). The van der Waals surface area contributed by atoms with Gasteiger partial charge < -0.3 is 14.8 Å². The smallest absolute Gasteiger partial charge is 0.405 e. The quantitative estimate of drug-likeness (QED) is 0.820. The van der Waals surface area contributed by atoms with E-state index in [-0.39, 0.29) is 23.6 Å². The lowest BCUT2D eigenvalue weighted by Gasteiger charge is -2.24. The number of fused-ring (bicyclic) bond motifs is 1. The Morgan fingerprint density at radius 2 is 1.89 bits per heavy atom. The van der Waals surface area contributed by atoms with Crippen molar-refractivity contribution in [3.8, 4) is 11.5 Å².